The molecule has 3 rings (SSSR count). The predicted octanol–water partition coefficient (Wildman–Crippen LogP) is 2.31. The highest BCUT2D eigenvalue weighted by Gasteiger charge is 2.09. The number of aromatic nitrogens is 4. The van der Waals surface area contributed by atoms with Crippen molar-refractivity contribution in [2.45, 2.75) is 39.8 Å². The molecule has 0 atom stereocenters. The van der Waals surface area contributed by atoms with Crippen LogP contribution in [0.25, 0.3) is 4.96 Å². The number of carbonyl (C=O) groups excluding carboxylic acids is 1. The third kappa shape index (κ3) is 3.19. The Kier molecular flexibility index (Phi) is 4.24. The topological polar surface area (TPSA) is 64.2 Å². The third-order valence-electron chi connectivity index (χ3n) is 3.66. The average Bonchev–Trinajstić information content (AvgIpc) is 3.18. The number of aryl methyl sites for hydroxylation is 3. The molecule has 1 N–H and O–H groups in total. The largest absolute Gasteiger partial charge is 0.350 e. The number of thiazole rings is 1. The van der Waals surface area contributed by atoms with E-state index >= 15 is 0 Å². The molecule has 0 aliphatic heterocycles. The van der Waals surface area contributed by atoms with E-state index in [2.05, 4.69) is 33.6 Å². The van der Waals surface area contributed by atoms with Crippen LogP contribution in [-0.2, 0) is 17.9 Å². The molecule has 0 aliphatic rings. The summed E-state index contributed by atoms with van der Waals surface area (Å²) in [5, 5.41) is 7.04. The predicted molar refractivity (Wildman–Crippen MR) is 85.9 cm³/mol. The summed E-state index contributed by atoms with van der Waals surface area (Å²) in [6, 6.07) is 1.88. The van der Waals surface area contributed by atoms with E-state index < -0.39 is 0 Å². The smallest absolute Gasteiger partial charge is 0.220 e. The second-order valence-electron chi connectivity index (χ2n) is 5.28. The molecule has 0 saturated heterocycles. The Hall–Kier alpha value is -2.15. The van der Waals surface area contributed by atoms with Gasteiger partial charge in [0.15, 0.2) is 4.96 Å². The van der Waals surface area contributed by atoms with Crippen LogP contribution in [0, 0.1) is 13.8 Å². The maximum absolute atomic E-state index is 11.8. The van der Waals surface area contributed by atoms with E-state index in [1.54, 1.807) is 17.5 Å². The number of rotatable bonds is 6. The first-order chi connectivity index (χ1) is 10.6. The summed E-state index contributed by atoms with van der Waals surface area (Å²) in [6.07, 6.45) is 6.93. The summed E-state index contributed by atoms with van der Waals surface area (Å²) in [4.78, 5) is 18.6. The van der Waals surface area contributed by atoms with E-state index in [-0.39, 0.29) is 5.91 Å². The summed E-state index contributed by atoms with van der Waals surface area (Å²) < 4.78 is 3.92. The minimum absolute atomic E-state index is 0.0522. The normalized spacial score (nSPS) is 11.2. The van der Waals surface area contributed by atoms with Crippen molar-refractivity contribution in [3.63, 3.8) is 0 Å². The van der Waals surface area contributed by atoms with Gasteiger partial charge in [-0.25, -0.2) is 4.98 Å². The zero-order chi connectivity index (χ0) is 15.5. The Morgan fingerprint density at radius 3 is 3.00 bits per heavy atom. The van der Waals surface area contributed by atoms with Gasteiger partial charge in [0, 0.05) is 42.1 Å². The molecule has 0 unspecified atom stereocenters. The summed E-state index contributed by atoms with van der Waals surface area (Å²) >= 11 is 1.68. The van der Waals surface area contributed by atoms with Crippen molar-refractivity contribution in [1.82, 2.24) is 24.5 Å². The lowest BCUT2D eigenvalue weighted by atomic mass is 10.3. The van der Waals surface area contributed by atoms with Gasteiger partial charge in [0.25, 0.3) is 0 Å². The Labute approximate surface area is 132 Å². The van der Waals surface area contributed by atoms with Crippen LogP contribution >= 0.6 is 11.3 Å². The van der Waals surface area contributed by atoms with Gasteiger partial charge in [0.05, 0.1) is 12.2 Å². The Bertz CT molecular complexity index is 771. The highest BCUT2D eigenvalue weighted by atomic mass is 32.1. The van der Waals surface area contributed by atoms with E-state index in [1.807, 2.05) is 23.1 Å². The van der Waals surface area contributed by atoms with E-state index in [4.69, 9.17) is 0 Å². The summed E-state index contributed by atoms with van der Waals surface area (Å²) in [6.45, 7) is 5.42. The van der Waals surface area contributed by atoms with Crippen molar-refractivity contribution in [2.75, 3.05) is 0 Å². The van der Waals surface area contributed by atoms with Crippen molar-refractivity contribution >= 4 is 22.2 Å². The molecule has 7 heteroatoms. The van der Waals surface area contributed by atoms with Crippen LogP contribution < -0.4 is 5.32 Å². The number of nitrogens with one attached hydrogen (secondary N) is 1. The monoisotopic (exact) mass is 317 g/mol. The van der Waals surface area contributed by atoms with Crippen LogP contribution in [0.4, 0.5) is 0 Å². The number of fused-ring (bicyclic) bond motifs is 1. The second kappa shape index (κ2) is 6.31. The van der Waals surface area contributed by atoms with Crippen molar-refractivity contribution < 1.29 is 4.79 Å². The summed E-state index contributed by atoms with van der Waals surface area (Å²) in [7, 11) is 0. The molecule has 0 radical (unpaired) electrons. The molecule has 0 aliphatic carbocycles. The zero-order valence-electron chi connectivity index (χ0n) is 12.7. The van der Waals surface area contributed by atoms with Crippen LogP contribution in [0.5, 0.6) is 0 Å². The van der Waals surface area contributed by atoms with E-state index in [0.717, 1.165) is 23.6 Å². The lowest BCUT2D eigenvalue weighted by Crippen LogP contribution is -2.23. The highest BCUT2D eigenvalue weighted by Crippen LogP contribution is 2.21. The number of amides is 1. The minimum atomic E-state index is 0.0522. The number of carbonyl (C=O) groups is 1. The molecule has 0 aromatic carbocycles. The minimum Gasteiger partial charge on any atom is -0.350 e. The lowest BCUT2D eigenvalue weighted by Gasteiger charge is -2.03. The van der Waals surface area contributed by atoms with Gasteiger partial charge in [-0.15, -0.1) is 11.3 Å². The van der Waals surface area contributed by atoms with Crippen LogP contribution in [0.2, 0.25) is 0 Å². The van der Waals surface area contributed by atoms with Gasteiger partial charge in [-0.1, -0.05) is 0 Å². The van der Waals surface area contributed by atoms with E-state index in [1.165, 1.54) is 10.6 Å². The molecular weight excluding hydrogens is 298 g/mol. The standard InChI is InChI=1S/C15H19N5OS/c1-11-12(2)22-15-18-13(10-20(11)15)9-16-14(21)5-3-7-19-8-4-6-17-19/h4,6,8,10H,3,5,7,9H2,1-2H3,(H,16,21). The van der Waals surface area contributed by atoms with Crippen LogP contribution in [0.15, 0.2) is 24.7 Å². The van der Waals surface area contributed by atoms with Crippen LogP contribution in [0.3, 0.4) is 0 Å². The van der Waals surface area contributed by atoms with Gasteiger partial charge in [0.1, 0.15) is 0 Å². The Balaban J connectivity index is 1.47. The van der Waals surface area contributed by atoms with Crippen molar-refractivity contribution in [2.24, 2.45) is 0 Å². The van der Waals surface area contributed by atoms with Crippen LogP contribution in [0.1, 0.15) is 29.1 Å². The fourth-order valence-corrected chi connectivity index (χ4v) is 3.27. The molecule has 22 heavy (non-hydrogen) atoms. The fraction of sp³-hybridized carbons (Fsp3) is 0.400. The Morgan fingerprint density at radius 1 is 1.41 bits per heavy atom. The highest BCUT2D eigenvalue weighted by molar-refractivity contribution is 7.17. The van der Waals surface area contributed by atoms with Gasteiger partial charge in [-0.2, -0.15) is 5.10 Å². The molecule has 0 fully saturated rings. The third-order valence-corrected chi connectivity index (χ3v) is 4.73. The maximum atomic E-state index is 11.8. The first kappa shape index (κ1) is 14.8. The first-order valence-corrected chi connectivity index (χ1v) is 8.13. The molecule has 0 bridgehead atoms. The number of nitrogens with zero attached hydrogens (tertiary/aromatic N) is 4. The average molecular weight is 317 g/mol. The molecule has 0 saturated carbocycles. The van der Waals surface area contributed by atoms with E-state index in [9.17, 15) is 4.79 Å². The van der Waals surface area contributed by atoms with Gasteiger partial charge < -0.3 is 5.32 Å². The first-order valence-electron chi connectivity index (χ1n) is 7.31. The maximum Gasteiger partial charge on any atom is 0.220 e. The van der Waals surface area contributed by atoms with Gasteiger partial charge >= 0.3 is 0 Å². The lowest BCUT2D eigenvalue weighted by molar-refractivity contribution is -0.121. The Morgan fingerprint density at radius 2 is 2.27 bits per heavy atom. The number of hydrogen-bond acceptors (Lipinski definition) is 4. The fourth-order valence-electron chi connectivity index (χ4n) is 2.30. The molecule has 1 amide bonds. The number of imidazole rings is 1. The SMILES string of the molecule is Cc1sc2nc(CNC(=O)CCCn3cccn3)cn2c1C. The second-order valence-corrected chi connectivity index (χ2v) is 6.46. The van der Waals surface area contributed by atoms with Gasteiger partial charge in [0.2, 0.25) is 5.91 Å². The molecule has 0 spiro atoms. The zero-order valence-corrected chi connectivity index (χ0v) is 13.6. The van der Waals surface area contributed by atoms with Crippen molar-refractivity contribution in [1.29, 1.82) is 0 Å². The molecule has 116 valence electrons. The van der Waals surface area contributed by atoms with Crippen LogP contribution in [-0.4, -0.2) is 25.1 Å². The van der Waals surface area contributed by atoms with Crippen molar-refractivity contribution in [3.8, 4) is 0 Å². The van der Waals surface area contributed by atoms with Crippen molar-refractivity contribution in [3.05, 3.63) is 40.9 Å². The molecule has 3 aromatic heterocycles. The molecule has 3 heterocycles. The van der Waals surface area contributed by atoms with Gasteiger partial charge in [-0.3, -0.25) is 13.9 Å². The summed E-state index contributed by atoms with van der Waals surface area (Å²) in [5.74, 6) is 0.0522. The molecule has 6 nitrogen and oxygen atoms in total. The summed E-state index contributed by atoms with van der Waals surface area (Å²) in [5.41, 5.74) is 2.11. The van der Waals surface area contributed by atoms with Gasteiger partial charge in [-0.05, 0) is 26.3 Å². The molecule has 3 aromatic rings. The van der Waals surface area contributed by atoms with E-state index in [0.29, 0.717) is 13.0 Å². The molecular formula is C15H19N5OS. The quantitative estimate of drug-likeness (QED) is 0.759. The number of hydrogen-bond donors (Lipinski definition) is 1.